The number of nitrogens with zero attached hydrogens (tertiary/aromatic N) is 6. The first kappa shape index (κ1) is 48.7. The van der Waals surface area contributed by atoms with E-state index in [1.165, 1.54) is 36.1 Å². The van der Waals surface area contributed by atoms with Crippen LogP contribution in [0.15, 0.2) is 83.9 Å². The van der Waals surface area contributed by atoms with Gasteiger partial charge in [0.05, 0.1) is 41.8 Å². The van der Waals surface area contributed by atoms with Crippen molar-refractivity contribution < 1.29 is 32.7 Å². The van der Waals surface area contributed by atoms with Crippen LogP contribution in [0.3, 0.4) is 0 Å². The molecule has 4 heterocycles. The largest absolute Gasteiger partial charge is 0.493 e. The number of aliphatic hydroxyl groups is 1. The van der Waals surface area contributed by atoms with Crippen molar-refractivity contribution in [3.8, 4) is 5.75 Å². The van der Waals surface area contributed by atoms with Crippen LogP contribution in [0.4, 0.5) is 22.9 Å². The molecule has 2 aliphatic carbocycles. The molecule has 3 aromatic carbocycles. The number of piperazine rings is 1. The number of ether oxygens (including phenoxy) is 2. The van der Waals surface area contributed by atoms with Gasteiger partial charge in [-0.1, -0.05) is 24.3 Å². The summed E-state index contributed by atoms with van der Waals surface area (Å²) in [5.74, 6) is 1.11. The SMILES string of the molecule is COc1cc(CN2CCN(C3CC4(CCN(c5ccc(C(=O)NS(=O)(=O)c6ccc(NCC7CCC(C)(O)CC7)c([N+](=O)[O-])c6)cc5)CC4)C3)[C@H](c3ccccc3C)C2)cnc1N1CCOC[C@H]1C. The third-order valence-corrected chi connectivity index (χ3v) is 17.1. The van der Waals surface area contributed by atoms with E-state index >= 15 is 0 Å². The number of sulfonamides is 1. The van der Waals surface area contributed by atoms with Gasteiger partial charge in [-0.05, 0) is 143 Å². The molecular weight excluding hydrogens is 897 g/mol. The normalized spacial score (nSPS) is 24.7. The molecule has 9 rings (SSSR count). The van der Waals surface area contributed by atoms with Gasteiger partial charge in [-0.15, -0.1) is 0 Å². The maximum Gasteiger partial charge on any atom is 0.293 e. The van der Waals surface area contributed by atoms with Crippen molar-refractivity contribution in [2.75, 3.05) is 81.3 Å². The molecule has 3 saturated heterocycles. The van der Waals surface area contributed by atoms with Gasteiger partial charge in [-0.2, -0.15) is 0 Å². The fraction of sp³-hybridized carbons (Fsp3) is 0.538. The second kappa shape index (κ2) is 20.2. The lowest BCUT2D eigenvalue weighted by Crippen LogP contribution is -2.59. The number of nitrogens with one attached hydrogen (secondary N) is 2. The zero-order chi connectivity index (χ0) is 48.5. The Kier molecular flexibility index (Phi) is 14.2. The van der Waals surface area contributed by atoms with E-state index in [2.05, 4.69) is 73.8 Å². The average molecular weight is 965 g/mol. The lowest BCUT2D eigenvalue weighted by atomic mass is 9.59. The molecule has 0 unspecified atom stereocenters. The number of aryl methyl sites for hydroxylation is 1. The van der Waals surface area contributed by atoms with E-state index in [0.717, 1.165) is 100 Å². The molecule has 4 aromatic rings. The number of anilines is 3. The first-order valence-electron chi connectivity index (χ1n) is 24.7. The Labute approximate surface area is 406 Å². The Morgan fingerprint density at radius 1 is 0.986 bits per heavy atom. The number of nitro benzene ring substituents is 1. The monoisotopic (exact) mass is 964 g/mol. The summed E-state index contributed by atoms with van der Waals surface area (Å²) in [6.45, 7) is 14.3. The van der Waals surface area contributed by atoms with Crippen LogP contribution in [0.25, 0.3) is 0 Å². The molecule has 5 fully saturated rings. The van der Waals surface area contributed by atoms with Crippen LogP contribution in [-0.4, -0.2) is 123 Å². The van der Waals surface area contributed by atoms with Gasteiger partial charge in [0.2, 0.25) is 0 Å². The van der Waals surface area contributed by atoms with Gasteiger partial charge in [0.1, 0.15) is 5.69 Å². The van der Waals surface area contributed by atoms with Crippen LogP contribution < -0.4 is 24.6 Å². The molecule has 2 atom stereocenters. The van der Waals surface area contributed by atoms with E-state index in [4.69, 9.17) is 14.5 Å². The van der Waals surface area contributed by atoms with Gasteiger partial charge in [-0.25, -0.2) is 18.1 Å². The van der Waals surface area contributed by atoms with Crippen LogP contribution in [0.1, 0.15) is 98.3 Å². The minimum atomic E-state index is -4.41. The molecule has 0 bridgehead atoms. The number of rotatable bonds is 14. The molecule has 370 valence electrons. The lowest BCUT2D eigenvalue weighted by molar-refractivity contribution is -0.384. The number of carbonyl (C=O) groups excluding carboxylic acids is 1. The second-order valence-corrected chi connectivity index (χ2v) is 22.3. The van der Waals surface area contributed by atoms with Gasteiger partial charge in [0.25, 0.3) is 21.6 Å². The maximum atomic E-state index is 13.3. The van der Waals surface area contributed by atoms with Crippen molar-refractivity contribution in [1.82, 2.24) is 19.5 Å². The number of nitro groups is 1. The van der Waals surface area contributed by atoms with Crippen molar-refractivity contribution >= 4 is 38.8 Å². The van der Waals surface area contributed by atoms with Gasteiger partial charge >= 0.3 is 0 Å². The summed E-state index contributed by atoms with van der Waals surface area (Å²) in [6, 6.07) is 22.6. The first-order chi connectivity index (χ1) is 33.1. The van der Waals surface area contributed by atoms with Crippen LogP contribution in [0, 0.1) is 28.4 Å². The number of methoxy groups -OCH3 is 1. The Bertz CT molecular complexity index is 2590. The minimum Gasteiger partial charge on any atom is -0.493 e. The summed E-state index contributed by atoms with van der Waals surface area (Å²) in [4.78, 5) is 39.2. The molecular formula is C52H68N8O8S. The van der Waals surface area contributed by atoms with Crippen LogP contribution in [0.2, 0.25) is 0 Å². The number of amides is 1. The number of aromatic nitrogens is 1. The van der Waals surface area contributed by atoms with Crippen LogP contribution in [-0.2, 0) is 21.3 Å². The topological polar surface area (TPSA) is 183 Å². The maximum absolute atomic E-state index is 13.3. The summed E-state index contributed by atoms with van der Waals surface area (Å²) < 4.78 is 40.3. The zero-order valence-corrected chi connectivity index (χ0v) is 41.3. The Morgan fingerprint density at radius 2 is 1.72 bits per heavy atom. The fourth-order valence-corrected chi connectivity index (χ4v) is 12.5. The number of piperidine rings is 1. The molecule has 1 spiro atoms. The van der Waals surface area contributed by atoms with Crippen molar-refractivity contribution in [2.45, 2.75) is 107 Å². The van der Waals surface area contributed by atoms with Crippen molar-refractivity contribution in [1.29, 1.82) is 0 Å². The lowest BCUT2D eigenvalue weighted by Gasteiger charge is -2.58. The second-order valence-electron chi connectivity index (χ2n) is 20.6. The van der Waals surface area contributed by atoms with Gasteiger partial charge < -0.3 is 29.7 Å². The predicted molar refractivity (Wildman–Crippen MR) is 266 cm³/mol. The molecule has 17 heteroatoms. The van der Waals surface area contributed by atoms with E-state index in [1.54, 1.807) is 19.2 Å². The minimum absolute atomic E-state index is 0.174. The molecule has 16 nitrogen and oxygen atoms in total. The van der Waals surface area contributed by atoms with Gasteiger partial charge in [0, 0.05) is 88.0 Å². The number of hydrogen-bond donors (Lipinski definition) is 3. The highest BCUT2D eigenvalue weighted by Gasteiger charge is 2.50. The van der Waals surface area contributed by atoms with E-state index < -0.39 is 32.1 Å². The quantitative estimate of drug-likeness (QED) is 0.0845. The Balaban J connectivity index is 0.780. The van der Waals surface area contributed by atoms with E-state index in [1.807, 2.05) is 25.3 Å². The van der Waals surface area contributed by atoms with Crippen LogP contribution in [0.5, 0.6) is 5.75 Å². The third kappa shape index (κ3) is 10.9. The van der Waals surface area contributed by atoms with E-state index in [-0.39, 0.29) is 34.1 Å². The number of pyridine rings is 1. The average Bonchev–Trinajstić information content (AvgIpc) is 3.33. The summed E-state index contributed by atoms with van der Waals surface area (Å²) in [5, 5.41) is 25.4. The summed E-state index contributed by atoms with van der Waals surface area (Å²) in [6.07, 6.45) is 9.40. The first-order valence-corrected chi connectivity index (χ1v) is 26.2. The Hall–Kier alpha value is -5.33. The third-order valence-electron chi connectivity index (χ3n) is 15.8. The molecule has 1 aromatic heterocycles. The molecule has 69 heavy (non-hydrogen) atoms. The molecule has 5 aliphatic rings. The molecule has 0 radical (unpaired) electrons. The molecule has 3 N–H and O–H groups in total. The number of carbonyl (C=O) groups is 1. The predicted octanol–water partition coefficient (Wildman–Crippen LogP) is 7.31. The molecule has 2 saturated carbocycles. The highest BCUT2D eigenvalue weighted by atomic mass is 32.2. The highest BCUT2D eigenvalue weighted by Crippen LogP contribution is 2.53. The van der Waals surface area contributed by atoms with Crippen LogP contribution >= 0.6 is 0 Å². The standard InChI is InChI=1S/C52H68N8O8S/c1-36-7-5-6-8-44(36)47-34-56(33-39-27-48(67-4)49(54-32-39)58-25-26-68-35-37(58)2)23-24-59(47)42-29-52(30-42)19-21-57(22-20-52)41-11-9-40(10-12-41)50(61)55-69(65,66)43-13-14-45(46(28-43)60(63)64)53-31-38-15-17-51(3,62)18-16-38/h5-14,27-28,32,37-38,42,47,53,62H,15-26,29-31,33-35H2,1-4H3,(H,55,61)/t37-,38?,47+,51?/m1/s1. The highest BCUT2D eigenvalue weighted by molar-refractivity contribution is 7.90. The number of hydrogen-bond acceptors (Lipinski definition) is 14. The summed E-state index contributed by atoms with van der Waals surface area (Å²) >= 11 is 0. The molecule has 1 amide bonds. The van der Waals surface area contributed by atoms with Crippen molar-refractivity contribution in [2.24, 2.45) is 11.3 Å². The summed E-state index contributed by atoms with van der Waals surface area (Å²) in [5.41, 5.74) is 4.44. The summed E-state index contributed by atoms with van der Waals surface area (Å²) in [7, 11) is -2.69. The van der Waals surface area contributed by atoms with Gasteiger partial charge in [0.15, 0.2) is 11.6 Å². The van der Waals surface area contributed by atoms with Crippen molar-refractivity contribution in [3.05, 3.63) is 111 Å². The van der Waals surface area contributed by atoms with Gasteiger partial charge in [-0.3, -0.25) is 24.7 Å². The fourth-order valence-electron chi connectivity index (χ4n) is 11.5. The van der Waals surface area contributed by atoms with E-state index in [9.17, 15) is 28.4 Å². The van der Waals surface area contributed by atoms with Crippen molar-refractivity contribution in [3.63, 3.8) is 0 Å². The van der Waals surface area contributed by atoms with E-state index in [0.29, 0.717) is 44.1 Å². The number of benzene rings is 3. The number of morpholine rings is 1. The zero-order valence-electron chi connectivity index (χ0n) is 40.4. The Morgan fingerprint density at radius 3 is 2.42 bits per heavy atom. The molecule has 3 aliphatic heterocycles. The smallest absolute Gasteiger partial charge is 0.293 e.